The molecule has 106 valence electrons. The van der Waals surface area contributed by atoms with Gasteiger partial charge in [-0.15, -0.1) is 0 Å². The first-order valence-electron chi connectivity index (χ1n) is 7.25. The number of hydrogen-bond donors (Lipinski definition) is 1. The number of likely N-dealkylation sites (N-methyl/N-ethyl adjacent to an activating group) is 1. The molecule has 4 heteroatoms. The molecule has 0 aromatic heterocycles. The van der Waals surface area contributed by atoms with Gasteiger partial charge in [-0.3, -0.25) is 4.79 Å². The number of carbonyl (C=O) groups is 1. The van der Waals surface area contributed by atoms with E-state index in [1.807, 2.05) is 6.92 Å². The van der Waals surface area contributed by atoms with Crippen LogP contribution in [0.5, 0.6) is 0 Å². The SMILES string of the molecule is CCCNC(CN(C)CC1CCC1)C(=O)OCC. The first kappa shape index (κ1) is 15.4. The Labute approximate surface area is 111 Å². The first-order chi connectivity index (χ1) is 8.67. The molecule has 1 aliphatic rings. The monoisotopic (exact) mass is 256 g/mol. The van der Waals surface area contributed by atoms with Crippen LogP contribution in [0.15, 0.2) is 0 Å². The summed E-state index contributed by atoms with van der Waals surface area (Å²) in [6.07, 6.45) is 5.09. The Morgan fingerprint density at radius 2 is 2.17 bits per heavy atom. The smallest absolute Gasteiger partial charge is 0.324 e. The van der Waals surface area contributed by atoms with Crippen molar-refractivity contribution in [2.24, 2.45) is 5.92 Å². The Kier molecular flexibility index (Phi) is 7.28. The van der Waals surface area contributed by atoms with Crippen LogP contribution in [0.2, 0.25) is 0 Å². The predicted molar refractivity (Wildman–Crippen MR) is 73.6 cm³/mol. The summed E-state index contributed by atoms with van der Waals surface area (Å²) in [6.45, 7) is 7.12. The van der Waals surface area contributed by atoms with Crippen molar-refractivity contribution in [3.8, 4) is 0 Å². The molecule has 0 aliphatic heterocycles. The minimum atomic E-state index is -0.185. The predicted octanol–water partition coefficient (Wildman–Crippen LogP) is 1.65. The van der Waals surface area contributed by atoms with Crippen molar-refractivity contribution in [3.63, 3.8) is 0 Å². The average molecular weight is 256 g/mol. The summed E-state index contributed by atoms with van der Waals surface area (Å²) in [5.41, 5.74) is 0. The number of esters is 1. The standard InChI is InChI=1S/C14H28N2O2/c1-4-9-15-13(14(17)18-5-2)11-16(3)10-12-7-6-8-12/h12-13,15H,4-11H2,1-3H3. The van der Waals surface area contributed by atoms with E-state index in [0.29, 0.717) is 6.61 Å². The lowest BCUT2D eigenvalue weighted by Crippen LogP contribution is -2.47. The van der Waals surface area contributed by atoms with E-state index in [9.17, 15) is 4.79 Å². The third-order valence-corrected chi connectivity index (χ3v) is 3.50. The van der Waals surface area contributed by atoms with Gasteiger partial charge in [0.05, 0.1) is 6.61 Å². The molecule has 1 atom stereocenters. The van der Waals surface area contributed by atoms with E-state index in [2.05, 4.69) is 24.2 Å². The third-order valence-electron chi connectivity index (χ3n) is 3.50. The van der Waals surface area contributed by atoms with Crippen LogP contribution >= 0.6 is 0 Å². The van der Waals surface area contributed by atoms with Crippen LogP contribution in [-0.2, 0) is 9.53 Å². The molecule has 4 nitrogen and oxygen atoms in total. The molecule has 1 saturated carbocycles. The summed E-state index contributed by atoms with van der Waals surface area (Å²) in [7, 11) is 2.10. The van der Waals surface area contributed by atoms with Gasteiger partial charge in [0.25, 0.3) is 0 Å². The van der Waals surface area contributed by atoms with Crippen molar-refractivity contribution in [1.29, 1.82) is 0 Å². The molecule has 18 heavy (non-hydrogen) atoms. The number of ether oxygens (including phenoxy) is 1. The number of hydrogen-bond acceptors (Lipinski definition) is 4. The van der Waals surface area contributed by atoms with Gasteiger partial charge in [0.1, 0.15) is 6.04 Å². The lowest BCUT2D eigenvalue weighted by atomic mass is 9.85. The zero-order valence-corrected chi connectivity index (χ0v) is 12.1. The van der Waals surface area contributed by atoms with Crippen LogP contribution < -0.4 is 5.32 Å². The van der Waals surface area contributed by atoms with Crippen LogP contribution in [0, 0.1) is 5.92 Å². The first-order valence-corrected chi connectivity index (χ1v) is 7.25. The van der Waals surface area contributed by atoms with Crippen molar-refractivity contribution >= 4 is 5.97 Å². The van der Waals surface area contributed by atoms with Gasteiger partial charge in [0, 0.05) is 13.1 Å². The van der Waals surface area contributed by atoms with Gasteiger partial charge in [-0.05, 0) is 45.7 Å². The van der Waals surface area contributed by atoms with Crippen LogP contribution in [0.3, 0.4) is 0 Å². The normalized spacial score (nSPS) is 17.6. The van der Waals surface area contributed by atoms with E-state index < -0.39 is 0 Å². The Bertz CT molecular complexity index is 242. The highest BCUT2D eigenvalue weighted by Gasteiger charge is 2.24. The van der Waals surface area contributed by atoms with Crippen molar-refractivity contribution in [2.75, 3.05) is 33.3 Å². The van der Waals surface area contributed by atoms with Crippen molar-refractivity contribution in [3.05, 3.63) is 0 Å². The van der Waals surface area contributed by atoms with Gasteiger partial charge in [-0.2, -0.15) is 0 Å². The molecule has 0 heterocycles. The van der Waals surface area contributed by atoms with E-state index >= 15 is 0 Å². The number of rotatable bonds is 9. The minimum absolute atomic E-state index is 0.119. The zero-order valence-electron chi connectivity index (χ0n) is 12.1. The fourth-order valence-corrected chi connectivity index (χ4v) is 2.29. The maximum Gasteiger partial charge on any atom is 0.324 e. The van der Waals surface area contributed by atoms with Gasteiger partial charge in [0.15, 0.2) is 0 Å². The van der Waals surface area contributed by atoms with E-state index in [0.717, 1.165) is 32.0 Å². The molecule has 1 aliphatic carbocycles. The lowest BCUT2D eigenvalue weighted by Gasteiger charge is -2.31. The van der Waals surface area contributed by atoms with Crippen molar-refractivity contribution in [1.82, 2.24) is 10.2 Å². The van der Waals surface area contributed by atoms with Gasteiger partial charge in [0.2, 0.25) is 0 Å². The fraction of sp³-hybridized carbons (Fsp3) is 0.929. The number of nitrogens with zero attached hydrogens (tertiary/aromatic N) is 1. The van der Waals surface area contributed by atoms with E-state index in [1.54, 1.807) is 0 Å². The van der Waals surface area contributed by atoms with Crippen LogP contribution in [0.1, 0.15) is 39.5 Å². The highest BCUT2D eigenvalue weighted by atomic mass is 16.5. The summed E-state index contributed by atoms with van der Waals surface area (Å²) in [5, 5.41) is 3.28. The highest BCUT2D eigenvalue weighted by molar-refractivity contribution is 5.76. The Balaban J connectivity index is 2.34. The Morgan fingerprint density at radius 3 is 2.67 bits per heavy atom. The molecule has 0 aromatic carbocycles. The molecule has 0 aromatic rings. The topological polar surface area (TPSA) is 41.6 Å². The minimum Gasteiger partial charge on any atom is -0.465 e. The van der Waals surface area contributed by atoms with E-state index in [4.69, 9.17) is 4.74 Å². The maximum absolute atomic E-state index is 11.8. The second-order valence-corrected chi connectivity index (χ2v) is 5.28. The van der Waals surface area contributed by atoms with E-state index in [1.165, 1.54) is 19.3 Å². The molecule has 0 amide bonds. The lowest BCUT2D eigenvalue weighted by molar-refractivity contribution is -0.146. The van der Waals surface area contributed by atoms with E-state index in [-0.39, 0.29) is 12.0 Å². The summed E-state index contributed by atoms with van der Waals surface area (Å²) < 4.78 is 5.12. The van der Waals surface area contributed by atoms with Crippen molar-refractivity contribution < 1.29 is 9.53 Å². The molecule has 0 bridgehead atoms. The zero-order chi connectivity index (χ0) is 13.4. The second kappa shape index (κ2) is 8.48. The largest absolute Gasteiger partial charge is 0.465 e. The molecule has 0 saturated heterocycles. The summed E-state index contributed by atoms with van der Waals surface area (Å²) in [6, 6.07) is -0.185. The molecule has 1 rings (SSSR count). The second-order valence-electron chi connectivity index (χ2n) is 5.28. The number of nitrogens with one attached hydrogen (secondary N) is 1. The molecular formula is C14H28N2O2. The average Bonchev–Trinajstić information content (AvgIpc) is 2.29. The number of carbonyl (C=O) groups excluding carboxylic acids is 1. The Hall–Kier alpha value is -0.610. The van der Waals surface area contributed by atoms with Gasteiger partial charge < -0.3 is 15.0 Å². The van der Waals surface area contributed by atoms with Crippen LogP contribution in [0.25, 0.3) is 0 Å². The maximum atomic E-state index is 11.8. The van der Waals surface area contributed by atoms with Gasteiger partial charge in [-0.1, -0.05) is 13.3 Å². The van der Waals surface area contributed by atoms with Crippen LogP contribution in [-0.4, -0.2) is 50.2 Å². The summed E-state index contributed by atoms with van der Waals surface area (Å²) in [4.78, 5) is 14.1. The fourth-order valence-electron chi connectivity index (χ4n) is 2.29. The van der Waals surface area contributed by atoms with Crippen molar-refractivity contribution in [2.45, 2.75) is 45.6 Å². The molecule has 0 spiro atoms. The molecule has 1 fully saturated rings. The third kappa shape index (κ3) is 5.36. The molecule has 1 unspecified atom stereocenters. The quantitative estimate of drug-likeness (QED) is 0.637. The van der Waals surface area contributed by atoms with Gasteiger partial charge >= 0.3 is 5.97 Å². The summed E-state index contributed by atoms with van der Waals surface area (Å²) >= 11 is 0. The Morgan fingerprint density at radius 1 is 1.44 bits per heavy atom. The molecule has 1 N–H and O–H groups in total. The summed E-state index contributed by atoms with van der Waals surface area (Å²) in [5.74, 6) is 0.718. The van der Waals surface area contributed by atoms with Crippen LogP contribution in [0.4, 0.5) is 0 Å². The molecular weight excluding hydrogens is 228 g/mol. The highest BCUT2D eigenvalue weighted by Crippen LogP contribution is 2.26. The molecule has 0 radical (unpaired) electrons. The van der Waals surface area contributed by atoms with Gasteiger partial charge in [-0.25, -0.2) is 0 Å².